The van der Waals surface area contributed by atoms with Crippen LogP contribution in [0.3, 0.4) is 0 Å². The number of nitrogens with one attached hydrogen (secondary N) is 1. The van der Waals surface area contributed by atoms with E-state index < -0.39 is 6.85 Å². The fraction of sp³-hybridized carbons (Fsp3) is 0.0476. The zero-order valence-electron chi connectivity index (χ0n) is 28.3. The van der Waals surface area contributed by atoms with Gasteiger partial charge in [-0.3, -0.25) is 0 Å². The smallest absolute Gasteiger partial charge is 0.0381 e. The normalized spacial score (nSPS) is 12.4. The van der Waals surface area contributed by atoms with E-state index >= 15 is 0 Å². The third-order valence-electron chi connectivity index (χ3n) is 8.32. The van der Waals surface area contributed by atoms with Crippen molar-refractivity contribution < 1.29 is 24.2 Å². The van der Waals surface area contributed by atoms with Crippen molar-refractivity contribution in [1.82, 2.24) is 9.97 Å². The molecular weight excluding hydrogens is 771 g/mol. The SMILES string of the molecule is [2H]C([2H])([2H])c1ccc(-c2[c-]cc3c(c2)-c2cc4sc5ccccc5c4c(c2C)-c2ccccc2N3)nc1.[Ir].[c-]1ccccc1-c1ccccn1. The van der Waals surface area contributed by atoms with Crippen molar-refractivity contribution in [3.8, 4) is 44.8 Å². The van der Waals surface area contributed by atoms with Crippen LogP contribution >= 0.6 is 11.3 Å². The standard InChI is InChI=1S/C31H21N2S.C11H8N.Ir/c1-18-11-13-25(32-17-18)20-12-14-27-24(15-20)23-16-29-31(22-8-4-6-10-28(22)34-29)30(19(23)2)21-7-3-5-9-26(21)33-27;1-2-6-10(7-3-1)11-8-4-5-9-12-11;/h3-11,13-17,33H,1-2H3;1-6,8-9H;/q2*-1;/i1D3;;. The first-order valence-corrected chi connectivity index (χ1v) is 15.9. The van der Waals surface area contributed by atoms with Crippen molar-refractivity contribution in [2.24, 2.45) is 0 Å². The van der Waals surface area contributed by atoms with Crippen molar-refractivity contribution >= 4 is 42.9 Å². The maximum absolute atomic E-state index is 7.64. The van der Waals surface area contributed by atoms with Gasteiger partial charge >= 0.3 is 0 Å². The van der Waals surface area contributed by atoms with E-state index in [0.717, 1.165) is 33.8 Å². The molecule has 47 heavy (non-hydrogen) atoms. The molecule has 1 aliphatic heterocycles. The topological polar surface area (TPSA) is 37.8 Å². The summed E-state index contributed by atoms with van der Waals surface area (Å²) in [6, 6.07) is 47.1. The minimum atomic E-state index is -2.17. The molecule has 0 saturated heterocycles. The molecule has 0 amide bonds. The van der Waals surface area contributed by atoms with E-state index in [0.29, 0.717) is 5.69 Å². The van der Waals surface area contributed by atoms with E-state index in [4.69, 9.17) is 4.11 Å². The van der Waals surface area contributed by atoms with E-state index in [1.807, 2.05) is 59.9 Å². The monoisotopic (exact) mass is 803 g/mol. The Morgan fingerprint density at radius 2 is 1.53 bits per heavy atom. The predicted molar refractivity (Wildman–Crippen MR) is 194 cm³/mol. The zero-order valence-corrected chi connectivity index (χ0v) is 28.5. The van der Waals surface area contributed by atoms with Gasteiger partial charge < -0.3 is 15.3 Å². The molecule has 0 aliphatic carbocycles. The maximum Gasteiger partial charge on any atom is 0.0381 e. The van der Waals surface area contributed by atoms with Crippen LogP contribution in [-0.4, -0.2) is 9.97 Å². The van der Waals surface area contributed by atoms with E-state index in [2.05, 4.69) is 95.0 Å². The summed E-state index contributed by atoms with van der Waals surface area (Å²) in [5.74, 6) is 0. The van der Waals surface area contributed by atoms with Gasteiger partial charge in [-0.15, -0.1) is 71.0 Å². The van der Waals surface area contributed by atoms with Crippen molar-refractivity contribution in [3.05, 3.63) is 157 Å². The second-order valence-electron chi connectivity index (χ2n) is 11.2. The molecule has 3 aromatic heterocycles. The van der Waals surface area contributed by atoms with Crippen molar-refractivity contribution in [3.63, 3.8) is 0 Å². The molecule has 0 unspecified atom stereocenters. The summed E-state index contributed by atoms with van der Waals surface area (Å²) in [5, 5.41) is 6.25. The third-order valence-corrected chi connectivity index (χ3v) is 9.44. The number of aromatic nitrogens is 2. The number of benzene rings is 5. The average molecular weight is 803 g/mol. The van der Waals surface area contributed by atoms with Crippen LogP contribution < -0.4 is 5.32 Å². The molecule has 0 fully saturated rings. The van der Waals surface area contributed by atoms with Crippen molar-refractivity contribution in [1.29, 1.82) is 0 Å². The first-order valence-electron chi connectivity index (χ1n) is 16.6. The molecule has 229 valence electrons. The minimum absolute atomic E-state index is 0. The number of rotatable bonds is 2. The fourth-order valence-corrected chi connectivity index (χ4v) is 7.30. The van der Waals surface area contributed by atoms with Crippen LogP contribution in [0, 0.1) is 25.9 Å². The summed E-state index contributed by atoms with van der Waals surface area (Å²) in [6.45, 7) is 0.0357. The van der Waals surface area contributed by atoms with Crippen LogP contribution in [0.1, 0.15) is 15.2 Å². The molecule has 9 rings (SSSR count). The second kappa shape index (κ2) is 13.1. The van der Waals surface area contributed by atoms with Gasteiger partial charge in [0.15, 0.2) is 0 Å². The number of fused-ring (bicyclic) bond motifs is 10. The summed E-state index contributed by atoms with van der Waals surface area (Å²) < 4.78 is 25.5. The molecule has 0 atom stereocenters. The van der Waals surface area contributed by atoms with Gasteiger partial charge in [0.25, 0.3) is 0 Å². The summed E-state index contributed by atoms with van der Waals surface area (Å²) in [5.41, 5.74) is 11.7. The molecule has 3 nitrogen and oxygen atoms in total. The molecule has 1 aliphatic rings. The van der Waals surface area contributed by atoms with Gasteiger partial charge in [0, 0.05) is 68.0 Å². The summed E-state index contributed by atoms with van der Waals surface area (Å²) >= 11 is 1.82. The van der Waals surface area contributed by atoms with Crippen LogP contribution in [0.4, 0.5) is 11.4 Å². The van der Waals surface area contributed by atoms with E-state index in [1.165, 1.54) is 48.6 Å². The Balaban J connectivity index is 0.000000255. The molecule has 0 spiro atoms. The average Bonchev–Trinajstić information content (AvgIpc) is 3.51. The Morgan fingerprint density at radius 3 is 2.34 bits per heavy atom. The van der Waals surface area contributed by atoms with Crippen LogP contribution in [-0.2, 0) is 20.1 Å². The molecule has 4 heterocycles. The van der Waals surface area contributed by atoms with Gasteiger partial charge in [0.2, 0.25) is 0 Å². The van der Waals surface area contributed by atoms with Crippen LogP contribution in [0.15, 0.2) is 134 Å². The van der Waals surface area contributed by atoms with Gasteiger partial charge in [0.1, 0.15) is 0 Å². The summed E-state index contributed by atoms with van der Waals surface area (Å²) in [4.78, 5) is 8.68. The first kappa shape index (κ1) is 27.2. The van der Waals surface area contributed by atoms with E-state index in [1.54, 1.807) is 18.3 Å². The molecule has 5 heteroatoms. The quantitative estimate of drug-likeness (QED) is 0.177. The molecule has 2 bridgehead atoms. The Morgan fingerprint density at radius 1 is 0.702 bits per heavy atom. The van der Waals surface area contributed by atoms with Gasteiger partial charge in [-0.05, 0) is 77.4 Å². The van der Waals surface area contributed by atoms with Gasteiger partial charge in [0.05, 0.1) is 0 Å². The fourth-order valence-electron chi connectivity index (χ4n) is 6.15. The predicted octanol–water partition coefficient (Wildman–Crippen LogP) is 11.5. The molecule has 0 saturated carbocycles. The van der Waals surface area contributed by atoms with Gasteiger partial charge in [-0.1, -0.05) is 66.2 Å². The largest absolute Gasteiger partial charge is 0.394 e. The number of hydrogen-bond acceptors (Lipinski definition) is 4. The number of para-hydroxylation sites is 1. The third kappa shape index (κ3) is 5.79. The maximum atomic E-state index is 7.64. The number of anilines is 2. The van der Waals surface area contributed by atoms with Crippen molar-refractivity contribution in [2.75, 3.05) is 5.32 Å². The molecule has 1 radical (unpaired) electrons. The van der Waals surface area contributed by atoms with E-state index in [-0.39, 0.29) is 25.7 Å². The molecule has 1 N–H and O–H groups in total. The zero-order chi connectivity index (χ0) is 33.5. The van der Waals surface area contributed by atoms with Crippen LogP contribution in [0.25, 0.3) is 64.9 Å². The number of nitrogens with zero attached hydrogens (tertiary/aromatic N) is 2. The summed E-state index contributed by atoms with van der Waals surface area (Å²) in [6.07, 6.45) is 3.23. The molecule has 8 aromatic rings. The van der Waals surface area contributed by atoms with Gasteiger partial charge in [-0.2, -0.15) is 0 Å². The minimum Gasteiger partial charge on any atom is -0.394 e. The Hall–Kier alpha value is -4.93. The van der Waals surface area contributed by atoms with Crippen molar-refractivity contribution in [2.45, 2.75) is 13.8 Å². The second-order valence-corrected chi connectivity index (χ2v) is 12.2. The molecule has 5 aromatic carbocycles. The summed E-state index contributed by atoms with van der Waals surface area (Å²) in [7, 11) is 0. The number of pyridine rings is 2. The Bertz CT molecular complexity index is 2420. The number of thiophene rings is 1. The first-order chi connectivity index (χ1) is 23.8. The van der Waals surface area contributed by atoms with Gasteiger partial charge in [-0.25, -0.2) is 0 Å². The Kier molecular flexibility index (Phi) is 7.56. The van der Waals surface area contributed by atoms with E-state index in [9.17, 15) is 0 Å². The number of hydrogen-bond donors (Lipinski definition) is 1. The number of aryl methyl sites for hydroxylation is 1. The van der Waals surface area contributed by atoms with Crippen LogP contribution in [0.2, 0.25) is 0 Å². The molecular formula is C42H29IrN3S-2. The Labute approximate surface area is 296 Å². The van der Waals surface area contributed by atoms with Crippen LogP contribution in [0.5, 0.6) is 0 Å².